The lowest BCUT2D eigenvalue weighted by molar-refractivity contribution is 0.102. The van der Waals surface area contributed by atoms with Crippen molar-refractivity contribution < 1.29 is 9.18 Å². The highest BCUT2D eigenvalue weighted by atomic mass is 35.5. The summed E-state index contributed by atoms with van der Waals surface area (Å²) in [4.78, 5) is 29.9. The minimum atomic E-state index is -0.676. The van der Waals surface area contributed by atoms with Crippen LogP contribution in [0.2, 0.25) is 5.02 Å². The van der Waals surface area contributed by atoms with Gasteiger partial charge in [-0.2, -0.15) is 4.68 Å². The van der Waals surface area contributed by atoms with Gasteiger partial charge in [0.1, 0.15) is 17.3 Å². The number of anilines is 1. The van der Waals surface area contributed by atoms with Crippen LogP contribution in [-0.4, -0.2) is 25.2 Å². The number of amides is 1. The van der Waals surface area contributed by atoms with Crippen molar-refractivity contribution in [3.63, 3.8) is 0 Å². The van der Waals surface area contributed by atoms with Crippen LogP contribution in [0.15, 0.2) is 35.4 Å². The van der Waals surface area contributed by atoms with Gasteiger partial charge in [0.05, 0.1) is 10.7 Å². The van der Waals surface area contributed by atoms with Gasteiger partial charge in [-0.05, 0) is 48.9 Å². The van der Waals surface area contributed by atoms with Gasteiger partial charge in [0.15, 0.2) is 0 Å². The third-order valence-corrected chi connectivity index (χ3v) is 6.29. The molecule has 7 nitrogen and oxygen atoms in total. The van der Waals surface area contributed by atoms with Gasteiger partial charge in [0.25, 0.3) is 5.91 Å². The standard InChI is InChI=1S/C24H27ClFN5O2/c1-3-6-15(2)11-16-12-21(31-24(33)30-10-5-4-7-22(30)29-31)19(26)13-17(16)23(32)28-20-8-9-27-14-18(20)25/h8-9,12-15H,3-7,10-11H2,1-2H3,(H,27,28,32). The Morgan fingerprint density at radius 1 is 1.33 bits per heavy atom. The lowest BCUT2D eigenvalue weighted by Gasteiger charge is -2.16. The second-order valence-electron chi connectivity index (χ2n) is 8.59. The van der Waals surface area contributed by atoms with Crippen LogP contribution in [0, 0.1) is 11.7 Å². The first-order chi connectivity index (χ1) is 15.9. The Bertz CT molecular complexity index is 1240. The van der Waals surface area contributed by atoms with E-state index in [1.807, 2.05) is 0 Å². The number of benzene rings is 1. The number of nitrogens with zero attached hydrogens (tertiary/aromatic N) is 4. The van der Waals surface area contributed by atoms with E-state index in [2.05, 4.69) is 29.2 Å². The molecule has 1 N–H and O–H groups in total. The maximum atomic E-state index is 15.3. The molecule has 0 bridgehead atoms. The predicted octanol–water partition coefficient (Wildman–Crippen LogP) is 4.79. The lowest BCUT2D eigenvalue weighted by atomic mass is 9.93. The van der Waals surface area contributed by atoms with Crippen molar-refractivity contribution in [1.82, 2.24) is 19.3 Å². The van der Waals surface area contributed by atoms with Crippen molar-refractivity contribution in [2.45, 2.75) is 58.9 Å². The number of pyridine rings is 1. The molecule has 1 aromatic carbocycles. The molecule has 2 aromatic heterocycles. The first-order valence-corrected chi connectivity index (χ1v) is 11.7. The number of nitrogens with one attached hydrogen (secondary N) is 1. The Balaban J connectivity index is 1.76. The number of fused-ring (bicyclic) bond motifs is 1. The molecule has 4 rings (SSSR count). The predicted molar refractivity (Wildman–Crippen MR) is 126 cm³/mol. The number of aryl methyl sites for hydroxylation is 1. The largest absolute Gasteiger partial charge is 0.350 e. The Morgan fingerprint density at radius 2 is 2.15 bits per heavy atom. The fourth-order valence-corrected chi connectivity index (χ4v) is 4.51. The minimum absolute atomic E-state index is 0.0686. The van der Waals surface area contributed by atoms with Crippen molar-refractivity contribution in [3.05, 3.63) is 68.9 Å². The number of carbonyl (C=O) groups is 1. The van der Waals surface area contributed by atoms with Crippen LogP contribution in [0.4, 0.5) is 10.1 Å². The zero-order chi connectivity index (χ0) is 23.5. The summed E-state index contributed by atoms with van der Waals surface area (Å²) in [5.74, 6) is -0.203. The molecule has 0 aliphatic carbocycles. The molecule has 9 heteroatoms. The second kappa shape index (κ2) is 9.87. The summed E-state index contributed by atoms with van der Waals surface area (Å²) in [6.07, 6.45) is 8.01. The van der Waals surface area contributed by atoms with Crippen molar-refractivity contribution in [2.24, 2.45) is 5.92 Å². The number of hydrogen-bond donors (Lipinski definition) is 1. The average Bonchev–Trinajstić information content (AvgIpc) is 3.13. The van der Waals surface area contributed by atoms with E-state index in [0.717, 1.165) is 30.4 Å². The first kappa shape index (κ1) is 23.2. The van der Waals surface area contributed by atoms with Crippen molar-refractivity contribution in [3.8, 4) is 5.69 Å². The highest BCUT2D eigenvalue weighted by Gasteiger charge is 2.23. The molecule has 1 aliphatic heterocycles. The monoisotopic (exact) mass is 471 g/mol. The van der Waals surface area contributed by atoms with Crippen molar-refractivity contribution >= 4 is 23.2 Å². The lowest BCUT2D eigenvalue weighted by Crippen LogP contribution is -2.27. The van der Waals surface area contributed by atoms with Gasteiger partial charge in [0.2, 0.25) is 0 Å². The van der Waals surface area contributed by atoms with Crippen LogP contribution < -0.4 is 11.0 Å². The molecule has 1 unspecified atom stereocenters. The van der Waals surface area contributed by atoms with Crippen LogP contribution in [-0.2, 0) is 19.4 Å². The van der Waals surface area contributed by atoms with E-state index in [1.165, 1.54) is 18.5 Å². The summed E-state index contributed by atoms with van der Waals surface area (Å²) < 4.78 is 18.0. The van der Waals surface area contributed by atoms with E-state index >= 15 is 4.39 Å². The van der Waals surface area contributed by atoms with Crippen LogP contribution in [0.1, 0.15) is 61.3 Å². The Labute approximate surface area is 196 Å². The van der Waals surface area contributed by atoms with Gasteiger partial charge < -0.3 is 5.32 Å². The van der Waals surface area contributed by atoms with Gasteiger partial charge in [-0.25, -0.2) is 9.18 Å². The smallest absolute Gasteiger partial charge is 0.321 e. The highest BCUT2D eigenvalue weighted by Crippen LogP contribution is 2.26. The van der Waals surface area contributed by atoms with Gasteiger partial charge in [0, 0.05) is 30.9 Å². The molecular formula is C24H27ClFN5O2. The molecule has 0 saturated carbocycles. The van der Waals surface area contributed by atoms with E-state index in [9.17, 15) is 9.59 Å². The van der Waals surface area contributed by atoms with Crippen molar-refractivity contribution in [2.75, 3.05) is 5.32 Å². The maximum absolute atomic E-state index is 15.3. The van der Waals surface area contributed by atoms with Crippen LogP contribution in [0.25, 0.3) is 5.69 Å². The minimum Gasteiger partial charge on any atom is -0.321 e. The SMILES string of the molecule is CCCC(C)Cc1cc(-n2nc3n(c2=O)CCCC3)c(F)cc1C(=O)Nc1ccncc1Cl. The third-order valence-electron chi connectivity index (χ3n) is 5.99. The van der Waals surface area contributed by atoms with Gasteiger partial charge in [-0.3, -0.25) is 14.3 Å². The number of hydrogen-bond acceptors (Lipinski definition) is 4. The van der Waals surface area contributed by atoms with E-state index in [1.54, 1.807) is 16.7 Å². The van der Waals surface area contributed by atoms with Crippen LogP contribution in [0.3, 0.4) is 0 Å². The van der Waals surface area contributed by atoms with Gasteiger partial charge in [-0.15, -0.1) is 5.10 Å². The maximum Gasteiger partial charge on any atom is 0.350 e. The van der Waals surface area contributed by atoms with E-state index in [0.29, 0.717) is 41.5 Å². The molecular weight excluding hydrogens is 445 g/mol. The second-order valence-corrected chi connectivity index (χ2v) is 8.99. The molecule has 33 heavy (non-hydrogen) atoms. The number of carbonyl (C=O) groups excluding carboxylic acids is 1. The topological polar surface area (TPSA) is 81.8 Å². The zero-order valence-corrected chi connectivity index (χ0v) is 19.5. The Kier molecular flexibility index (Phi) is 6.93. The van der Waals surface area contributed by atoms with E-state index in [4.69, 9.17) is 11.6 Å². The summed E-state index contributed by atoms with van der Waals surface area (Å²) in [6.45, 7) is 4.78. The summed E-state index contributed by atoms with van der Waals surface area (Å²) in [5, 5.41) is 7.43. The van der Waals surface area contributed by atoms with Crippen LogP contribution >= 0.6 is 11.6 Å². The number of rotatable bonds is 7. The fourth-order valence-electron chi connectivity index (χ4n) is 4.34. The van der Waals surface area contributed by atoms with Crippen molar-refractivity contribution in [1.29, 1.82) is 0 Å². The Morgan fingerprint density at radius 3 is 2.88 bits per heavy atom. The number of aromatic nitrogens is 4. The zero-order valence-electron chi connectivity index (χ0n) is 18.8. The molecule has 1 aliphatic rings. The molecule has 0 saturated heterocycles. The van der Waals surface area contributed by atoms with Gasteiger partial charge in [-0.1, -0.05) is 38.3 Å². The molecule has 3 heterocycles. The van der Waals surface area contributed by atoms with E-state index in [-0.39, 0.29) is 22.9 Å². The average molecular weight is 472 g/mol. The summed E-state index contributed by atoms with van der Waals surface area (Å²) >= 11 is 6.12. The third kappa shape index (κ3) is 4.85. The quantitative estimate of drug-likeness (QED) is 0.537. The molecule has 1 atom stereocenters. The molecule has 1 amide bonds. The fraction of sp³-hybridized carbons (Fsp3) is 0.417. The van der Waals surface area contributed by atoms with Crippen LogP contribution in [0.5, 0.6) is 0 Å². The highest BCUT2D eigenvalue weighted by molar-refractivity contribution is 6.33. The Hall–Kier alpha value is -3.00. The molecule has 0 fully saturated rings. The molecule has 0 radical (unpaired) electrons. The van der Waals surface area contributed by atoms with E-state index < -0.39 is 11.7 Å². The molecule has 174 valence electrons. The molecule has 0 spiro atoms. The summed E-state index contributed by atoms with van der Waals surface area (Å²) in [7, 11) is 0. The number of halogens is 2. The normalized spacial score (nSPS) is 14.1. The summed E-state index contributed by atoms with van der Waals surface area (Å²) in [5.41, 5.74) is 0.986. The van der Waals surface area contributed by atoms with Gasteiger partial charge >= 0.3 is 5.69 Å². The summed E-state index contributed by atoms with van der Waals surface area (Å²) in [6, 6.07) is 4.36. The first-order valence-electron chi connectivity index (χ1n) is 11.3. The molecule has 3 aromatic rings.